The number of hydrogen-bond donors (Lipinski definition) is 0. The highest BCUT2D eigenvalue weighted by Gasteiger charge is 2.43. The van der Waals surface area contributed by atoms with E-state index < -0.39 is 289 Å². The van der Waals surface area contributed by atoms with Crippen molar-refractivity contribution in [2.75, 3.05) is 0 Å². The standard InChI is InChI=1S/C48H34N2Si/c1-5-18-35(19-6-1)50-46-33-32-36(49-44-29-15-13-26-40(44)41-27-14-16-30-45(41)49)34-43(46)42-28-17-31-47(48(42)50)51(37-20-7-2-8-21-37,38-22-9-3-10-23-38)39-24-11-4-12-25-39/h1-34H/i1D,2D,3D,4D,5D,6D,7D,8D,9D,10D,11D,12D,13D,14D,15D,16D,17D,18D,19D,20D,21D,22D,23D,24D,25D,26D,27D,28D,29D,30D,31D,32D,33D,34D. The van der Waals surface area contributed by atoms with Crippen molar-refractivity contribution in [1.82, 2.24) is 9.13 Å². The zero-order valence-corrected chi connectivity index (χ0v) is 26.4. The number of fused-ring (bicyclic) bond motifs is 6. The largest absolute Gasteiger partial charge is 0.309 e. The Hall–Kier alpha value is -6.42. The second-order valence-corrected chi connectivity index (χ2v) is 14.3. The highest BCUT2D eigenvalue weighted by Crippen LogP contribution is 2.37. The monoisotopic (exact) mass is 700 g/mol. The van der Waals surface area contributed by atoms with E-state index in [1.807, 2.05) is 0 Å². The molecule has 10 aromatic rings. The van der Waals surface area contributed by atoms with Gasteiger partial charge in [0.25, 0.3) is 0 Å². The third kappa shape index (κ3) is 4.42. The lowest BCUT2D eigenvalue weighted by atomic mass is 10.1. The molecule has 10 rings (SSSR count). The molecule has 0 spiro atoms. The highest BCUT2D eigenvalue weighted by molar-refractivity contribution is 7.20. The van der Waals surface area contributed by atoms with Crippen LogP contribution in [0.1, 0.15) is 46.6 Å². The van der Waals surface area contributed by atoms with Crippen LogP contribution in [-0.2, 0) is 0 Å². The van der Waals surface area contributed by atoms with Crippen LogP contribution in [0.25, 0.3) is 55.0 Å². The summed E-state index contributed by atoms with van der Waals surface area (Å²) in [6.45, 7) is 0. The van der Waals surface area contributed by atoms with Gasteiger partial charge >= 0.3 is 0 Å². The van der Waals surface area contributed by atoms with Gasteiger partial charge in [-0.2, -0.15) is 0 Å². The minimum Gasteiger partial charge on any atom is -0.309 e. The fourth-order valence-corrected chi connectivity index (χ4v) is 10.2. The number of nitrogens with zero attached hydrogens (tertiary/aromatic N) is 2. The molecular formula is C48H34N2Si. The van der Waals surface area contributed by atoms with E-state index in [-0.39, 0.29) is 0 Å². The molecule has 0 unspecified atom stereocenters. The quantitative estimate of drug-likeness (QED) is 0.121. The van der Waals surface area contributed by atoms with Crippen molar-refractivity contribution in [3.05, 3.63) is 205 Å². The number of hydrogen-bond acceptors (Lipinski definition) is 0. The average Bonchev–Trinajstić information content (AvgIpc) is 1.68. The lowest BCUT2D eigenvalue weighted by Crippen LogP contribution is -2.75. The Morgan fingerprint density at radius 3 is 1.33 bits per heavy atom. The average molecular weight is 701 g/mol. The molecule has 0 saturated carbocycles. The van der Waals surface area contributed by atoms with E-state index in [0.717, 1.165) is 0 Å². The van der Waals surface area contributed by atoms with Crippen LogP contribution in [0.4, 0.5) is 0 Å². The highest BCUT2D eigenvalue weighted by atomic mass is 28.3. The smallest absolute Gasteiger partial charge is 0.181 e. The van der Waals surface area contributed by atoms with Crippen LogP contribution in [0.5, 0.6) is 0 Å². The third-order valence-electron chi connectivity index (χ3n) is 8.29. The summed E-state index contributed by atoms with van der Waals surface area (Å²) in [5.41, 5.74) is -5.72. The van der Waals surface area contributed by atoms with Crippen LogP contribution in [0.15, 0.2) is 205 Å². The van der Waals surface area contributed by atoms with Crippen molar-refractivity contribution < 1.29 is 46.6 Å². The molecule has 0 fully saturated rings. The van der Waals surface area contributed by atoms with E-state index in [1.165, 1.54) is 0 Å². The lowest BCUT2D eigenvalue weighted by molar-refractivity contribution is 1.17. The predicted octanol–water partition coefficient (Wildman–Crippen LogP) is 9.26. The van der Waals surface area contributed by atoms with E-state index in [0.29, 0.717) is 9.13 Å². The van der Waals surface area contributed by atoms with Gasteiger partial charge in [-0.3, -0.25) is 0 Å². The molecule has 240 valence electrons. The first kappa shape index (κ1) is 11.0. The molecule has 2 nitrogen and oxygen atoms in total. The predicted molar refractivity (Wildman–Crippen MR) is 219 cm³/mol. The Bertz CT molecular complexity index is 4470. The number of aromatic nitrogens is 2. The van der Waals surface area contributed by atoms with Gasteiger partial charge in [-0.05, 0) is 63.0 Å². The first-order valence-corrected chi connectivity index (χ1v) is 16.8. The van der Waals surface area contributed by atoms with Gasteiger partial charge in [0.15, 0.2) is 8.07 Å². The van der Waals surface area contributed by atoms with Crippen LogP contribution in [-0.4, -0.2) is 17.2 Å². The molecule has 51 heavy (non-hydrogen) atoms. The summed E-state index contributed by atoms with van der Waals surface area (Å²) in [7, 11) is -6.73. The third-order valence-corrected chi connectivity index (χ3v) is 12.4. The van der Waals surface area contributed by atoms with Crippen molar-refractivity contribution in [1.29, 1.82) is 0 Å². The molecule has 8 aromatic carbocycles. The Morgan fingerprint density at radius 2 is 0.784 bits per heavy atom. The van der Waals surface area contributed by atoms with Crippen LogP contribution < -0.4 is 20.7 Å². The maximum atomic E-state index is 10.3. The molecule has 0 radical (unpaired) electrons. The van der Waals surface area contributed by atoms with E-state index in [9.17, 15) is 21.9 Å². The van der Waals surface area contributed by atoms with Crippen molar-refractivity contribution >= 4 is 72.4 Å². The maximum absolute atomic E-state index is 10.3. The van der Waals surface area contributed by atoms with Crippen LogP contribution in [0.2, 0.25) is 0 Å². The van der Waals surface area contributed by atoms with E-state index in [1.54, 1.807) is 0 Å². The van der Waals surface area contributed by atoms with Gasteiger partial charge in [0.2, 0.25) is 0 Å². The van der Waals surface area contributed by atoms with Gasteiger partial charge < -0.3 is 9.13 Å². The van der Waals surface area contributed by atoms with Crippen molar-refractivity contribution in [3.8, 4) is 11.4 Å². The molecule has 0 aliphatic heterocycles. The second-order valence-electron chi connectivity index (χ2n) is 10.8. The van der Waals surface area contributed by atoms with Crippen LogP contribution >= 0.6 is 0 Å². The molecule has 0 N–H and O–H groups in total. The van der Waals surface area contributed by atoms with Crippen LogP contribution in [0.3, 0.4) is 0 Å². The van der Waals surface area contributed by atoms with E-state index in [2.05, 4.69) is 0 Å². The fourth-order valence-electron chi connectivity index (χ4n) is 6.32. The fraction of sp³-hybridized carbons (Fsp3) is 0. The van der Waals surface area contributed by atoms with Crippen LogP contribution in [0, 0.1) is 0 Å². The Kier molecular flexibility index (Phi) is 2.57. The van der Waals surface area contributed by atoms with Gasteiger partial charge in [-0.1, -0.05) is 163 Å². The molecule has 0 amide bonds. The molecule has 0 atom stereocenters. The zero-order chi connectivity index (χ0) is 63.4. The Labute approximate surface area is 345 Å². The molecule has 2 heterocycles. The number of benzene rings is 8. The molecular weight excluding hydrogens is 633 g/mol. The van der Waals surface area contributed by atoms with E-state index >= 15 is 0 Å². The molecule has 0 saturated heterocycles. The molecule has 0 aliphatic rings. The summed E-state index contributed by atoms with van der Waals surface area (Å²) in [5.74, 6) is 0. The van der Waals surface area contributed by atoms with Gasteiger partial charge in [0.05, 0.1) is 68.7 Å². The van der Waals surface area contributed by atoms with Crippen molar-refractivity contribution in [2.24, 2.45) is 0 Å². The van der Waals surface area contributed by atoms with Gasteiger partial charge in [0.1, 0.15) is 0 Å². The Morgan fingerprint density at radius 1 is 0.333 bits per heavy atom. The molecule has 0 aliphatic carbocycles. The Balaban J connectivity index is 1.69. The topological polar surface area (TPSA) is 9.86 Å². The maximum Gasteiger partial charge on any atom is 0.181 e. The zero-order valence-electron chi connectivity index (χ0n) is 59.4. The van der Waals surface area contributed by atoms with Gasteiger partial charge in [0, 0.05) is 32.9 Å². The minimum absolute atomic E-state index is 0.476. The summed E-state index contributed by atoms with van der Waals surface area (Å²) < 4.78 is 316. The van der Waals surface area contributed by atoms with Gasteiger partial charge in [-0.15, -0.1) is 0 Å². The van der Waals surface area contributed by atoms with E-state index in [4.69, 9.17) is 24.7 Å². The normalized spacial score (nSPS) is 21.3. The number of para-hydroxylation sites is 4. The first-order valence-electron chi connectivity index (χ1n) is 31.8. The lowest BCUT2D eigenvalue weighted by Gasteiger charge is -2.35. The summed E-state index contributed by atoms with van der Waals surface area (Å²) in [5, 5.41) is -8.20. The SMILES string of the molecule is [2H]c1c([2H])c([2H])c(-n2c3c([2H])c([2H])c(-n4c5c([2H])c([2H])c([2H])c([2H])c5c5c([2H])c([2H])c([2H])c([2H])c54)c([2H])c3c3c([2H])c([2H])c([2H])c([Si](c4c([2H])c([2H])c([2H])c([2H])c4[2H])(c4c([2H])c([2H])c([2H])c([2H])c4[2H])c4c([2H])c([2H])c([2H])c([2H])c4[2H])c32)c([2H])c1[2H]. The van der Waals surface area contributed by atoms with Crippen molar-refractivity contribution in [2.45, 2.75) is 0 Å². The molecule has 0 bridgehead atoms. The molecule has 2 aromatic heterocycles. The van der Waals surface area contributed by atoms with Crippen molar-refractivity contribution in [3.63, 3.8) is 0 Å². The summed E-state index contributed by atoms with van der Waals surface area (Å²) in [4.78, 5) is 0. The van der Waals surface area contributed by atoms with Gasteiger partial charge in [-0.25, -0.2) is 0 Å². The molecule has 3 heteroatoms. The summed E-state index contributed by atoms with van der Waals surface area (Å²) in [6.07, 6.45) is 0. The number of rotatable bonds is 6. The summed E-state index contributed by atoms with van der Waals surface area (Å²) >= 11 is 0. The minimum atomic E-state index is -6.73. The summed E-state index contributed by atoms with van der Waals surface area (Å²) in [6, 6.07) is -40.6. The second kappa shape index (κ2) is 11.9. The first-order chi connectivity index (χ1) is 39.5.